The average molecular weight is 786 g/mol. The Bertz CT molecular complexity index is 3650. The van der Waals surface area contributed by atoms with Crippen LogP contribution in [-0.2, 0) is 0 Å². The molecule has 2 aromatic heterocycles. The fourth-order valence-electron chi connectivity index (χ4n) is 9.51. The number of furan rings is 2. The molecule has 0 fully saturated rings. The minimum Gasteiger partial charge on any atom is -0.483 e. The van der Waals surface area contributed by atoms with Gasteiger partial charge in [-0.1, -0.05) is 91.0 Å². The lowest BCUT2D eigenvalue weighted by molar-refractivity contribution is 0.285. The highest BCUT2D eigenvalue weighted by Crippen LogP contribution is 2.45. The Morgan fingerprint density at radius 2 is 1.25 bits per heavy atom. The van der Waals surface area contributed by atoms with E-state index in [0.717, 1.165) is 128 Å². The second-order valence-corrected chi connectivity index (χ2v) is 15.9. The van der Waals surface area contributed by atoms with Crippen molar-refractivity contribution in [1.29, 1.82) is 0 Å². The van der Waals surface area contributed by atoms with Gasteiger partial charge in [-0.25, -0.2) is 0 Å². The highest BCUT2D eigenvalue weighted by Gasteiger charge is 2.33. The smallest absolute Gasteiger partial charge is 0.145 e. The van der Waals surface area contributed by atoms with Crippen molar-refractivity contribution in [2.24, 2.45) is 4.99 Å². The van der Waals surface area contributed by atoms with Crippen molar-refractivity contribution in [3.63, 3.8) is 0 Å². The van der Waals surface area contributed by atoms with E-state index in [2.05, 4.69) is 168 Å². The normalized spacial score (nSPS) is 14.5. The van der Waals surface area contributed by atoms with Gasteiger partial charge in [-0.15, -0.1) is 0 Å². The van der Waals surface area contributed by atoms with Gasteiger partial charge in [0.15, 0.2) is 0 Å². The van der Waals surface area contributed by atoms with E-state index in [0.29, 0.717) is 0 Å². The molecule has 0 radical (unpaired) electrons. The number of para-hydroxylation sites is 3. The minimum atomic E-state index is -0.0342. The van der Waals surface area contributed by atoms with Crippen LogP contribution in [0.15, 0.2) is 202 Å². The summed E-state index contributed by atoms with van der Waals surface area (Å²) in [7, 11) is 0. The topological polar surface area (TPSA) is 63.1 Å². The Labute approximate surface area is 350 Å². The molecule has 9 aromatic carbocycles. The van der Waals surface area contributed by atoms with Gasteiger partial charge in [-0.05, 0) is 118 Å². The Kier molecular flexibility index (Phi) is 7.33. The number of hydrogen-bond donors (Lipinski definition) is 1. The molecule has 2 aliphatic rings. The molecule has 0 saturated heterocycles. The zero-order valence-corrected chi connectivity index (χ0v) is 32.8. The van der Waals surface area contributed by atoms with E-state index in [-0.39, 0.29) is 6.10 Å². The van der Waals surface area contributed by atoms with E-state index in [1.165, 1.54) is 0 Å². The quantitative estimate of drug-likeness (QED) is 0.182. The summed E-state index contributed by atoms with van der Waals surface area (Å²) in [5.41, 5.74) is 12.9. The van der Waals surface area contributed by atoms with E-state index in [1.807, 2.05) is 30.5 Å². The van der Waals surface area contributed by atoms with Gasteiger partial charge in [-0.3, -0.25) is 4.99 Å². The number of anilines is 5. The SMILES string of the molecule is C1=CN=C2c3c(cccc3-c3ccccc3Nc3ccc4cc5c(cc4c3)oc3cc4cc(N(c6ccccc6)c6cccc7oc8ccccc8c67)ccc4cc35)OC2C1. The van der Waals surface area contributed by atoms with Gasteiger partial charge in [0.1, 0.15) is 34.2 Å². The fourth-order valence-corrected chi connectivity index (χ4v) is 9.51. The second-order valence-electron chi connectivity index (χ2n) is 15.9. The van der Waals surface area contributed by atoms with Gasteiger partial charge in [0, 0.05) is 62.7 Å². The van der Waals surface area contributed by atoms with Crippen LogP contribution in [0, 0.1) is 0 Å². The largest absolute Gasteiger partial charge is 0.483 e. The first-order valence-corrected chi connectivity index (χ1v) is 20.7. The zero-order valence-electron chi connectivity index (χ0n) is 32.8. The minimum absolute atomic E-state index is 0.0342. The second kappa shape index (κ2) is 13.2. The highest BCUT2D eigenvalue weighted by atomic mass is 16.5. The average Bonchev–Trinajstić information content (AvgIpc) is 3.99. The fraction of sp³-hybridized carbons (Fsp3) is 0.0364. The third kappa shape index (κ3) is 5.39. The number of rotatable bonds is 6. The maximum absolute atomic E-state index is 6.68. The van der Waals surface area contributed by atoms with Crippen molar-refractivity contribution >= 4 is 99.6 Å². The molecule has 2 aliphatic heterocycles. The molecule has 0 spiro atoms. The van der Waals surface area contributed by atoms with Crippen molar-refractivity contribution < 1.29 is 13.6 Å². The summed E-state index contributed by atoms with van der Waals surface area (Å²) < 4.78 is 19.3. The van der Waals surface area contributed by atoms with E-state index in [1.54, 1.807) is 0 Å². The number of aliphatic imine (C=N–C) groups is 1. The third-order valence-corrected chi connectivity index (χ3v) is 12.3. The predicted molar refractivity (Wildman–Crippen MR) is 251 cm³/mol. The molecule has 0 bridgehead atoms. The lowest BCUT2D eigenvalue weighted by Gasteiger charge is -2.26. The van der Waals surface area contributed by atoms with E-state index in [9.17, 15) is 0 Å². The Morgan fingerprint density at radius 3 is 2.13 bits per heavy atom. The van der Waals surface area contributed by atoms with Gasteiger partial charge >= 0.3 is 0 Å². The lowest BCUT2D eigenvalue weighted by Crippen LogP contribution is -2.22. The van der Waals surface area contributed by atoms with Crippen LogP contribution in [0.3, 0.4) is 0 Å². The van der Waals surface area contributed by atoms with Gasteiger partial charge in [0.25, 0.3) is 0 Å². The molecule has 0 saturated carbocycles. The number of benzene rings is 9. The van der Waals surface area contributed by atoms with E-state index < -0.39 is 0 Å². The maximum Gasteiger partial charge on any atom is 0.145 e. The molecule has 0 aliphatic carbocycles. The Balaban J connectivity index is 0.881. The van der Waals surface area contributed by atoms with Gasteiger partial charge in [0.05, 0.1) is 16.8 Å². The molecule has 1 N–H and O–H groups in total. The summed E-state index contributed by atoms with van der Waals surface area (Å²) in [5, 5.41) is 12.6. The van der Waals surface area contributed by atoms with Crippen LogP contribution in [0.5, 0.6) is 5.75 Å². The summed E-state index contributed by atoms with van der Waals surface area (Å²) in [4.78, 5) is 7.07. The van der Waals surface area contributed by atoms with Gasteiger partial charge in [-0.2, -0.15) is 0 Å². The van der Waals surface area contributed by atoms with Crippen molar-refractivity contribution in [2.75, 3.05) is 10.2 Å². The molecule has 61 heavy (non-hydrogen) atoms. The van der Waals surface area contributed by atoms with Crippen LogP contribution >= 0.6 is 0 Å². The molecule has 1 unspecified atom stereocenters. The van der Waals surface area contributed by atoms with Crippen LogP contribution in [0.1, 0.15) is 12.0 Å². The van der Waals surface area contributed by atoms with E-state index in [4.69, 9.17) is 18.6 Å². The molecule has 288 valence electrons. The van der Waals surface area contributed by atoms with Crippen LogP contribution in [0.4, 0.5) is 28.4 Å². The highest BCUT2D eigenvalue weighted by molar-refractivity contribution is 6.17. The lowest BCUT2D eigenvalue weighted by atomic mass is 9.93. The van der Waals surface area contributed by atoms with Crippen LogP contribution in [0.25, 0.3) is 76.5 Å². The number of nitrogens with zero attached hydrogens (tertiary/aromatic N) is 2. The van der Waals surface area contributed by atoms with Crippen molar-refractivity contribution in [3.05, 3.63) is 194 Å². The molecule has 4 heterocycles. The number of fused-ring (bicyclic) bond motifs is 11. The summed E-state index contributed by atoms with van der Waals surface area (Å²) in [6.07, 6.45) is 4.76. The zero-order chi connectivity index (χ0) is 40.0. The molecule has 1 atom stereocenters. The van der Waals surface area contributed by atoms with Gasteiger partial charge < -0.3 is 23.8 Å². The summed E-state index contributed by atoms with van der Waals surface area (Å²) in [6.45, 7) is 0. The molecule has 6 heteroatoms. The summed E-state index contributed by atoms with van der Waals surface area (Å²) in [5.74, 6) is 0.889. The molecule has 11 aromatic rings. The number of nitrogens with one attached hydrogen (secondary N) is 1. The Hall–Kier alpha value is -8.09. The number of ether oxygens (including phenoxy) is 1. The van der Waals surface area contributed by atoms with Crippen LogP contribution < -0.4 is 15.0 Å². The maximum atomic E-state index is 6.68. The standard InChI is InChI=1S/C55H35N3O3/c1-2-11-38(12-3-1)58(46-17-9-20-48-53(46)42-14-5-7-18-47(42)59-48)39-25-23-34-30-44-43-29-33-22-24-37(27-35(33)31-51(43)61-52(44)32-36(34)28-39)57-45-16-6-4-13-40(45)41-15-8-19-49-54(41)55-50(60-49)21-10-26-56-55/h1-20,22-32,50,57H,21H2. The first-order valence-electron chi connectivity index (χ1n) is 20.7. The monoisotopic (exact) mass is 785 g/mol. The van der Waals surface area contributed by atoms with Crippen molar-refractivity contribution in [1.82, 2.24) is 0 Å². The van der Waals surface area contributed by atoms with Crippen molar-refractivity contribution in [2.45, 2.75) is 12.5 Å². The van der Waals surface area contributed by atoms with E-state index >= 15 is 0 Å². The summed E-state index contributed by atoms with van der Waals surface area (Å²) in [6, 6.07) is 61.9. The van der Waals surface area contributed by atoms with Gasteiger partial charge in [0.2, 0.25) is 0 Å². The molecular formula is C55H35N3O3. The molecular weight excluding hydrogens is 751 g/mol. The van der Waals surface area contributed by atoms with Crippen molar-refractivity contribution in [3.8, 4) is 16.9 Å². The first-order chi connectivity index (χ1) is 30.2. The molecule has 0 amide bonds. The Morgan fingerprint density at radius 1 is 0.525 bits per heavy atom. The van der Waals surface area contributed by atoms with Crippen LogP contribution in [-0.4, -0.2) is 11.8 Å². The first kappa shape index (κ1) is 33.8. The third-order valence-electron chi connectivity index (χ3n) is 12.3. The summed E-state index contributed by atoms with van der Waals surface area (Å²) >= 11 is 0. The molecule has 6 nitrogen and oxygen atoms in total. The molecule has 13 rings (SSSR count). The number of hydrogen-bond acceptors (Lipinski definition) is 6. The van der Waals surface area contributed by atoms with Crippen LogP contribution in [0.2, 0.25) is 0 Å². The predicted octanol–water partition coefficient (Wildman–Crippen LogP) is 15.1.